The predicted molar refractivity (Wildman–Crippen MR) is 105 cm³/mol. The molecule has 8 heteroatoms. The van der Waals surface area contributed by atoms with E-state index < -0.39 is 12.0 Å². The number of aliphatic hydroxyl groups excluding tert-OH is 1. The highest BCUT2D eigenvalue weighted by atomic mass is 127. The molecule has 3 aromatic rings. The van der Waals surface area contributed by atoms with Crippen molar-refractivity contribution >= 4 is 34.2 Å². The fourth-order valence-electron chi connectivity index (χ4n) is 2.32. The molecule has 1 aromatic heterocycles. The number of nitrogens with one attached hydrogen (secondary N) is 1. The zero-order chi connectivity index (χ0) is 18.5. The Morgan fingerprint density at radius 3 is 2.58 bits per heavy atom. The monoisotopic (exact) mass is 464 g/mol. The first kappa shape index (κ1) is 18.3. The average molecular weight is 464 g/mol. The first-order chi connectivity index (χ1) is 12.5. The molecule has 134 valence electrons. The number of nitrogens with zero attached hydrogens (tertiary/aromatic N) is 3. The summed E-state index contributed by atoms with van der Waals surface area (Å²) < 4.78 is 7.62. The maximum Gasteiger partial charge on any atom is 0.295 e. The van der Waals surface area contributed by atoms with Crippen LogP contribution in [0.2, 0.25) is 0 Å². The van der Waals surface area contributed by atoms with Gasteiger partial charge in [-0.05, 0) is 64.6 Å². The number of anilines is 1. The Morgan fingerprint density at radius 1 is 1.23 bits per heavy atom. The van der Waals surface area contributed by atoms with E-state index in [0.29, 0.717) is 5.69 Å². The molecule has 0 aliphatic carbocycles. The maximum atomic E-state index is 12.2. The molecule has 0 aliphatic rings. The number of carbonyl (C=O) groups excluding carboxylic acids is 1. The number of ether oxygens (including phenoxy) is 1. The Morgan fingerprint density at radius 2 is 1.92 bits per heavy atom. The molecular formula is C18H17IN4O3. The SMILES string of the molecule is COc1ccc([C@@H](O)Cn2cnc(C(=O)Nc3ccc(I)cc3)n2)cc1. The highest BCUT2D eigenvalue weighted by molar-refractivity contribution is 14.1. The first-order valence-electron chi connectivity index (χ1n) is 7.83. The standard InChI is InChI=1S/C18H17IN4O3/c1-26-15-8-2-12(3-9-15)16(24)10-23-11-20-17(22-23)18(25)21-14-6-4-13(19)5-7-14/h2-9,11,16,24H,10H2,1H3,(H,21,25)/t16-/m0/s1. The summed E-state index contributed by atoms with van der Waals surface area (Å²) in [5.41, 5.74) is 1.40. The molecule has 0 fully saturated rings. The van der Waals surface area contributed by atoms with Crippen LogP contribution in [-0.4, -0.2) is 32.9 Å². The third-order valence-corrected chi connectivity index (χ3v) is 4.42. The number of hydrogen-bond donors (Lipinski definition) is 2. The molecule has 1 heterocycles. The Balaban J connectivity index is 1.63. The molecule has 0 unspecified atom stereocenters. The molecule has 1 amide bonds. The number of rotatable bonds is 6. The van der Waals surface area contributed by atoms with Crippen LogP contribution in [0.5, 0.6) is 5.75 Å². The van der Waals surface area contributed by atoms with Crippen molar-refractivity contribution in [2.24, 2.45) is 0 Å². The number of hydrogen-bond acceptors (Lipinski definition) is 5. The summed E-state index contributed by atoms with van der Waals surface area (Å²) in [5.74, 6) is 0.366. The summed E-state index contributed by atoms with van der Waals surface area (Å²) in [4.78, 5) is 16.2. The normalized spacial score (nSPS) is 11.8. The fraction of sp³-hybridized carbons (Fsp3) is 0.167. The van der Waals surface area contributed by atoms with Crippen LogP contribution in [0.4, 0.5) is 5.69 Å². The van der Waals surface area contributed by atoms with Crippen LogP contribution < -0.4 is 10.1 Å². The molecule has 2 N–H and O–H groups in total. The molecule has 0 spiro atoms. The number of aliphatic hydroxyl groups is 1. The van der Waals surface area contributed by atoms with Crippen LogP contribution in [0.25, 0.3) is 0 Å². The Labute approximate surface area is 164 Å². The largest absolute Gasteiger partial charge is 0.497 e. The molecule has 7 nitrogen and oxygen atoms in total. The van der Waals surface area contributed by atoms with E-state index in [9.17, 15) is 9.90 Å². The van der Waals surface area contributed by atoms with Crippen LogP contribution >= 0.6 is 22.6 Å². The zero-order valence-corrected chi connectivity index (χ0v) is 16.1. The molecule has 1 atom stereocenters. The lowest BCUT2D eigenvalue weighted by Crippen LogP contribution is -2.15. The van der Waals surface area contributed by atoms with Gasteiger partial charge in [-0.1, -0.05) is 12.1 Å². The summed E-state index contributed by atoms with van der Waals surface area (Å²) in [7, 11) is 1.59. The van der Waals surface area contributed by atoms with Gasteiger partial charge in [0.05, 0.1) is 19.8 Å². The number of carbonyl (C=O) groups is 1. The number of amides is 1. The van der Waals surface area contributed by atoms with Gasteiger partial charge in [0.1, 0.15) is 12.1 Å². The minimum Gasteiger partial charge on any atom is -0.497 e. The van der Waals surface area contributed by atoms with Crippen molar-refractivity contribution in [2.75, 3.05) is 12.4 Å². The second-order valence-electron chi connectivity index (χ2n) is 5.54. The van der Waals surface area contributed by atoms with E-state index in [4.69, 9.17) is 4.74 Å². The van der Waals surface area contributed by atoms with E-state index in [1.165, 1.54) is 11.0 Å². The zero-order valence-electron chi connectivity index (χ0n) is 14.0. The van der Waals surface area contributed by atoms with E-state index >= 15 is 0 Å². The van der Waals surface area contributed by atoms with Crippen molar-refractivity contribution in [1.29, 1.82) is 0 Å². The van der Waals surface area contributed by atoms with Gasteiger partial charge in [0, 0.05) is 9.26 Å². The fourth-order valence-corrected chi connectivity index (χ4v) is 2.68. The van der Waals surface area contributed by atoms with Crippen molar-refractivity contribution in [3.05, 3.63) is 69.8 Å². The molecule has 26 heavy (non-hydrogen) atoms. The number of methoxy groups -OCH3 is 1. The molecule has 0 bridgehead atoms. The molecule has 2 aromatic carbocycles. The number of benzene rings is 2. The van der Waals surface area contributed by atoms with E-state index in [1.807, 2.05) is 24.3 Å². The molecule has 3 rings (SSSR count). The smallest absolute Gasteiger partial charge is 0.295 e. The highest BCUT2D eigenvalue weighted by Gasteiger charge is 2.14. The van der Waals surface area contributed by atoms with Gasteiger partial charge in [0.15, 0.2) is 0 Å². The van der Waals surface area contributed by atoms with Crippen LogP contribution in [0.15, 0.2) is 54.9 Å². The van der Waals surface area contributed by atoms with Gasteiger partial charge in [0.2, 0.25) is 5.82 Å². The van der Waals surface area contributed by atoms with Crippen molar-refractivity contribution in [3.63, 3.8) is 0 Å². The molecule has 0 saturated carbocycles. The molecule has 0 radical (unpaired) electrons. The van der Waals surface area contributed by atoms with Gasteiger partial charge in [-0.3, -0.25) is 4.79 Å². The van der Waals surface area contributed by atoms with Gasteiger partial charge in [-0.25, -0.2) is 9.67 Å². The number of aromatic nitrogens is 3. The summed E-state index contributed by atoms with van der Waals surface area (Å²) in [6, 6.07) is 14.5. The van der Waals surface area contributed by atoms with Crippen LogP contribution in [0, 0.1) is 3.57 Å². The van der Waals surface area contributed by atoms with Gasteiger partial charge in [-0.15, -0.1) is 5.10 Å². The lowest BCUT2D eigenvalue weighted by atomic mass is 10.1. The van der Waals surface area contributed by atoms with Crippen molar-refractivity contribution in [1.82, 2.24) is 14.8 Å². The van der Waals surface area contributed by atoms with Crippen molar-refractivity contribution < 1.29 is 14.6 Å². The summed E-state index contributed by atoms with van der Waals surface area (Å²) in [6.45, 7) is 0.191. The predicted octanol–water partition coefficient (Wildman–Crippen LogP) is 2.88. The van der Waals surface area contributed by atoms with Crippen LogP contribution in [-0.2, 0) is 6.54 Å². The van der Waals surface area contributed by atoms with Gasteiger partial charge in [-0.2, -0.15) is 0 Å². The minimum atomic E-state index is -0.769. The summed E-state index contributed by atoms with van der Waals surface area (Å²) in [6.07, 6.45) is 0.657. The third kappa shape index (κ3) is 4.58. The number of halogens is 1. The van der Waals surface area contributed by atoms with E-state index in [-0.39, 0.29) is 12.4 Å². The molecule has 0 aliphatic heterocycles. The Hall–Kier alpha value is -2.46. The Kier molecular flexibility index (Phi) is 5.84. The molecular weight excluding hydrogens is 447 g/mol. The summed E-state index contributed by atoms with van der Waals surface area (Å²) in [5, 5.41) is 17.2. The lowest BCUT2D eigenvalue weighted by molar-refractivity contribution is 0.101. The highest BCUT2D eigenvalue weighted by Crippen LogP contribution is 2.19. The Bertz CT molecular complexity index is 878. The van der Waals surface area contributed by atoms with E-state index in [0.717, 1.165) is 14.9 Å². The summed E-state index contributed by atoms with van der Waals surface area (Å²) >= 11 is 2.19. The second-order valence-corrected chi connectivity index (χ2v) is 6.79. The van der Waals surface area contributed by atoms with Crippen molar-refractivity contribution in [2.45, 2.75) is 12.6 Å². The van der Waals surface area contributed by atoms with Crippen molar-refractivity contribution in [3.8, 4) is 5.75 Å². The van der Waals surface area contributed by atoms with E-state index in [2.05, 4.69) is 38.0 Å². The van der Waals surface area contributed by atoms with Gasteiger partial charge >= 0.3 is 0 Å². The van der Waals surface area contributed by atoms with Gasteiger partial charge < -0.3 is 15.2 Å². The quantitative estimate of drug-likeness (QED) is 0.548. The second kappa shape index (κ2) is 8.28. The lowest BCUT2D eigenvalue weighted by Gasteiger charge is -2.11. The molecule has 0 saturated heterocycles. The van der Waals surface area contributed by atoms with E-state index in [1.54, 1.807) is 31.4 Å². The third-order valence-electron chi connectivity index (χ3n) is 3.70. The average Bonchev–Trinajstić information content (AvgIpc) is 3.12. The first-order valence-corrected chi connectivity index (χ1v) is 8.91. The minimum absolute atomic E-state index is 0.0467. The van der Waals surface area contributed by atoms with Crippen LogP contribution in [0.3, 0.4) is 0 Å². The van der Waals surface area contributed by atoms with Gasteiger partial charge in [0.25, 0.3) is 5.91 Å². The maximum absolute atomic E-state index is 12.2. The van der Waals surface area contributed by atoms with Crippen LogP contribution in [0.1, 0.15) is 22.3 Å². The topological polar surface area (TPSA) is 89.3 Å².